The van der Waals surface area contributed by atoms with Crippen LogP contribution >= 0.6 is 0 Å². The van der Waals surface area contributed by atoms with Crippen LogP contribution < -0.4 is 11.5 Å². The molecule has 0 aliphatic rings. The molecule has 0 spiro atoms. The van der Waals surface area contributed by atoms with Gasteiger partial charge in [0.1, 0.15) is 0 Å². The van der Waals surface area contributed by atoms with Crippen LogP contribution in [0.25, 0.3) is 0 Å². The zero-order valence-electron chi connectivity index (χ0n) is 9.37. The van der Waals surface area contributed by atoms with E-state index in [9.17, 15) is 0 Å². The van der Waals surface area contributed by atoms with Gasteiger partial charge in [-0.15, -0.1) is 0 Å². The number of ether oxygens (including phenoxy) is 2. The molecule has 0 amide bonds. The number of hydrogen-bond acceptors (Lipinski definition) is 4. The molecule has 0 aromatic carbocycles. The minimum Gasteiger partial charge on any atom is -0.380 e. The molecule has 4 heteroatoms. The van der Waals surface area contributed by atoms with Gasteiger partial charge in [0.05, 0.1) is 13.2 Å². The molecule has 0 aliphatic heterocycles. The van der Waals surface area contributed by atoms with Crippen LogP contribution in [0.2, 0.25) is 0 Å². The second-order valence-electron chi connectivity index (χ2n) is 3.81. The van der Waals surface area contributed by atoms with E-state index in [1.807, 2.05) is 13.8 Å². The summed E-state index contributed by atoms with van der Waals surface area (Å²) in [6, 6.07) is 0.258. The van der Waals surface area contributed by atoms with Crippen molar-refractivity contribution in [3.63, 3.8) is 0 Å². The summed E-state index contributed by atoms with van der Waals surface area (Å²) in [7, 11) is 0. The van der Waals surface area contributed by atoms with Crippen molar-refractivity contribution in [2.75, 3.05) is 26.4 Å². The first-order chi connectivity index (χ1) is 6.63. The van der Waals surface area contributed by atoms with E-state index in [2.05, 4.69) is 0 Å². The van der Waals surface area contributed by atoms with Crippen molar-refractivity contribution in [2.24, 2.45) is 11.5 Å². The first-order valence-corrected chi connectivity index (χ1v) is 5.29. The van der Waals surface area contributed by atoms with Crippen molar-refractivity contribution in [3.8, 4) is 0 Å². The highest BCUT2D eigenvalue weighted by atomic mass is 16.5. The highest BCUT2D eigenvalue weighted by Gasteiger charge is 1.95. The first-order valence-electron chi connectivity index (χ1n) is 5.29. The minimum absolute atomic E-state index is 0.129. The Hall–Kier alpha value is -0.160. The summed E-state index contributed by atoms with van der Waals surface area (Å²) in [6.45, 7) is 6.69. The number of rotatable bonds is 9. The summed E-state index contributed by atoms with van der Waals surface area (Å²) in [6.07, 6.45) is 2.04. The SMILES string of the molecule is CC(N)COCCCCOCC(C)N. The third kappa shape index (κ3) is 11.8. The lowest BCUT2D eigenvalue weighted by Crippen LogP contribution is -2.22. The molecule has 2 unspecified atom stereocenters. The van der Waals surface area contributed by atoms with Crippen molar-refractivity contribution in [3.05, 3.63) is 0 Å². The van der Waals surface area contributed by atoms with E-state index in [1.165, 1.54) is 0 Å². The smallest absolute Gasteiger partial charge is 0.0614 e. The van der Waals surface area contributed by atoms with Gasteiger partial charge in [0, 0.05) is 25.3 Å². The molecule has 0 fully saturated rings. The second kappa shape index (κ2) is 9.40. The van der Waals surface area contributed by atoms with Gasteiger partial charge in [0.15, 0.2) is 0 Å². The molecule has 0 aromatic rings. The maximum Gasteiger partial charge on any atom is 0.0614 e. The summed E-state index contributed by atoms with van der Waals surface area (Å²) >= 11 is 0. The molecule has 86 valence electrons. The van der Waals surface area contributed by atoms with Gasteiger partial charge in [-0.3, -0.25) is 0 Å². The number of unbranched alkanes of at least 4 members (excludes halogenated alkanes) is 1. The fourth-order valence-corrected chi connectivity index (χ4v) is 0.947. The monoisotopic (exact) mass is 204 g/mol. The lowest BCUT2D eigenvalue weighted by molar-refractivity contribution is 0.0945. The average Bonchev–Trinajstić information content (AvgIpc) is 2.08. The van der Waals surface area contributed by atoms with Crippen LogP contribution in [0.5, 0.6) is 0 Å². The number of nitrogens with two attached hydrogens (primary N) is 2. The Balaban J connectivity index is 2.92. The van der Waals surface area contributed by atoms with Gasteiger partial charge in [0.2, 0.25) is 0 Å². The molecular weight excluding hydrogens is 180 g/mol. The molecule has 0 saturated carbocycles. The van der Waals surface area contributed by atoms with Crippen LogP contribution in [0.1, 0.15) is 26.7 Å². The predicted octanol–water partition coefficient (Wildman–Crippen LogP) is 0.494. The Kier molecular flexibility index (Phi) is 9.29. The molecule has 4 N–H and O–H groups in total. The molecule has 14 heavy (non-hydrogen) atoms. The molecule has 0 aliphatic carbocycles. The minimum atomic E-state index is 0.129. The van der Waals surface area contributed by atoms with Crippen LogP contribution in [-0.2, 0) is 9.47 Å². The van der Waals surface area contributed by atoms with Gasteiger partial charge in [-0.1, -0.05) is 0 Å². The molecule has 2 atom stereocenters. The highest BCUT2D eigenvalue weighted by molar-refractivity contribution is 4.50. The summed E-state index contributed by atoms with van der Waals surface area (Å²) < 4.78 is 10.6. The van der Waals surface area contributed by atoms with Gasteiger partial charge in [0.25, 0.3) is 0 Å². The molecule has 0 bridgehead atoms. The summed E-state index contributed by atoms with van der Waals surface area (Å²) in [5, 5.41) is 0. The van der Waals surface area contributed by atoms with Crippen molar-refractivity contribution in [1.29, 1.82) is 0 Å². The standard InChI is InChI=1S/C10H24N2O2/c1-9(11)7-13-5-3-4-6-14-8-10(2)12/h9-10H,3-8,11-12H2,1-2H3. The maximum absolute atomic E-state index is 5.52. The topological polar surface area (TPSA) is 70.5 Å². The third-order valence-corrected chi connectivity index (χ3v) is 1.59. The molecule has 0 radical (unpaired) electrons. The Morgan fingerprint density at radius 3 is 1.50 bits per heavy atom. The normalized spacial score (nSPS) is 15.4. The Morgan fingerprint density at radius 2 is 1.21 bits per heavy atom. The van der Waals surface area contributed by atoms with Crippen molar-refractivity contribution in [1.82, 2.24) is 0 Å². The molecule has 0 saturated heterocycles. The van der Waals surface area contributed by atoms with E-state index in [0.29, 0.717) is 13.2 Å². The molecule has 4 nitrogen and oxygen atoms in total. The molecular formula is C10H24N2O2. The first kappa shape index (κ1) is 13.8. The van der Waals surface area contributed by atoms with E-state index in [4.69, 9.17) is 20.9 Å². The summed E-state index contributed by atoms with van der Waals surface area (Å²) in [5.41, 5.74) is 11.0. The summed E-state index contributed by atoms with van der Waals surface area (Å²) in [4.78, 5) is 0. The van der Waals surface area contributed by atoms with Crippen LogP contribution in [0.15, 0.2) is 0 Å². The van der Waals surface area contributed by atoms with Crippen LogP contribution in [0, 0.1) is 0 Å². The van der Waals surface area contributed by atoms with Crippen molar-refractivity contribution < 1.29 is 9.47 Å². The van der Waals surface area contributed by atoms with E-state index in [-0.39, 0.29) is 12.1 Å². The quantitative estimate of drug-likeness (QED) is 0.536. The van der Waals surface area contributed by atoms with Crippen LogP contribution in [-0.4, -0.2) is 38.5 Å². The highest BCUT2D eigenvalue weighted by Crippen LogP contribution is 1.92. The van der Waals surface area contributed by atoms with E-state index in [0.717, 1.165) is 26.1 Å². The third-order valence-electron chi connectivity index (χ3n) is 1.59. The van der Waals surface area contributed by atoms with Crippen LogP contribution in [0.4, 0.5) is 0 Å². The zero-order chi connectivity index (χ0) is 10.8. The molecule has 0 heterocycles. The van der Waals surface area contributed by atoms with E-state index >= 15 is 0 Å². The van der Waals surface area contributed by atoms with E-state index < -0.39 is 0 Å². The summed E-state index contributed by atoms with van der Waals surface area (Å²) in [5.74, 6) is 0. The predicted molar refractivity (Wildman–Crippen MR) is 58.2 cm³/mol. The lowest BCUT2D eigenvalue weighted by Gasteiger charge is -2.08. The van der Waals surface area contributed by atoms with Gasteiger partial charge in [-0.2, -0.15) is 0 Å². The van der Waals surface area contributed by atoms with E-state index in [1.54, 1.807) is 0 Å². The molecule has 0 aromatic heterocycles. The second-order valence-corrected chi connectivity index (χ2v) is 3.81. The molecule has 0 rings (SSSR count). The zero-order valence-corrected chi connectivity index (χ0v) is 9.37. The Bertz CT molecular complexity index is 105. The van der Waals surface area contributed by atoms with Gasteiger partial charge < -0.3 is 20.9 Å². The van der Waals surface area contributed by atoms with Crippen LogP contribution in [0.3, 0.4) is 0 Å². The van der Waals surface area contributed by atoms with Crippen molar-refractivity contribution >= 4 is 0 Å². The maximum atomic E-state index is 5.52. The lowest BCUT2D eigenvalue weighted by atomic mass is 10.3. The number of hydrogen-bond donors (Lipinski definition) is 2. The van der Waals surface area contributed by atoms with Gasteiger partial charge in [-0.05, 0) is 26.7 Å². The fourth-order valence-electron chi connectivity index (χ4n) is 0.947. The van der Waals surface area contributed by atoms with Crippen molar-refractivity contribution in [2.45, 2.75) is 38.8 Å². The fraction of sp³-hybridized carbons (Fsp3) is 1.00. The Morgan fingerprint density at radius 1 is 0.857 bits per heavy atom. The average molecular weight is 204 g/mol. The van der Waals surface area contributed by atoms with Gasteiger partial charge in [-0.25, -0.2) is 0 Å². The largest absolute Gasteiger partial charge is 0.380 e. The van der Waals surface area contributed by atoms with Gasteiger partial charge >= 0.3 is 0 Å². The Labute approximate surface area is 86.9 Å².